The van der Waals surface area contributed by atoms with Crippen molar-refractivity contribution in [1.29, 1.82) is 0 Å². The number of anilines is 1. The van der Waals surface area contributed by atoms with Gasteiger partial charge in [-0.1, -0.05) is 19.1 Å². The number of hydrogen-bond donors (Lipinski definition) is 2. The number of fused-ring (bicyclic) bond motifs is 1. The number of nitrogens with two attached hydrogens (primary N) is 1. The molecule has 1 aliphatic rings. The third-order valence-corrected chi connectivity index (χ3v) is 8.71. The third kappa shape index (κ3) is 5.70. The van der Waals surface area contributed by atoms with Gasteiger partial charge >= 0.3 is 0 Å². The summed E-state index contributed by atoms with van der Waals surface area (Å²) in [6.07, 6.45) is 1.88. The molecule has 10 heteroatoms. The van der Waals surface area contributed by atoms with Gasteiger partial charge in [0.05, 0.1) is 22.1 Å². The average molecular weight is 500 g/mol. The highest BCUT2D eigenvalue weighted by Crippen LogP contribution is 2.37. The summed E-state index contributed by atoms with van der Waals surface area (Å²) in [6.45, 7) is 8.03. The Bertz CT molecular complexity index is 1080. The van der Waals surface area contributed by atoms with E-state index in [4.69, 9.17) is 5.73 Å². The zero-order valence-electron chi connectivity index (χ0n) is 18.5. The molecule has 0 saturated carbocycles. The van der Waals surface area contributed by atoms with E-state index in [-0.39, 0.29) is 29.6 Å². The van der Waals surface area contributed by atoms with E-state index in [1.54, 1.807) is 26.0 Å². The predicted octanol–water partition coefficient (Wildman–Crippen LogP) is 3.40. The van der Waals surface area contributed by atoms with Gasteiger partial charge in [-0.25, -0.2) is 8.42 Å². The van der Waals surface area contributed by atoms with Gasteiger partial charge < -0.3 is 11.1 Å². The van der Waals surface area contributed by atoms with Crippen LogP contribution in [0.3, 0.4) is 0 Å². The van der Waals surface area contributed by atoms with Crippen LogP contribution in [0, 0.1) is 0 Å². The molecule has 3 rings (SSSR count). The molecule has 32 heavy (non-hydrogen) atoms. The number of hydrogen-bond acceptors (Lipinski definition) is 6. The zero-order chi connectivity index (χ0) is 22.8. The Labute approximate surface area is 199 Å². The van der Waals surface area contributed by atoms with E-state index in [0.29, 0.717) is 16.1 Å². The Morgan fingerprint density at radius 2 is 1.88 bits per heavy atom. The molecule has 0 fully saturated rings. The number of rotatable bonds is 8. The number of primary amides is 1. The van der Waals surface area contributed by atoms with Gasteiger partial charge in [-0.3, -0.25) is 14.5 Å². The molecule has 0 spiro atoms. The summed E-state index contributed by atoms with van der Waals surface area (Å²) >= 11 is 1.41. The molecule has 0 aliphatic carbocycles. The lowest BCUT2D eigenvalue weighted by Gasteiger charge is -2.26. The summed E-state index contributed by atoms with van der Waals surface area (Å²) in [6, 6.07) is 6.34. The molecule has 176 valence electrons. The first-order valence-corrected chi connectivity index (χ1v) is 12.8. The van der Waals surface area contributed by atoms with Gasteiger partial charge in [-0.2, -0.15) is 0 Å². The van der Waals surface area contributed by atoms with Crippen LogP contribution in [0.4, 0.5) is 5.00 Å². The second-order valence-corrected chi connectivity index (χ2v) is 11.7. The number of sulfone groups is 1. The lowest BCUT2D eigenvalue weighted by molar-refractivity contribution is -0.115. The van der Waals surface area contributed by atoms with Crippen molar-refractivity contribution >= 4 is 50.4 Å². The van der Waals surface area contributed by atoms with Gasteiger partial charge in [-0.15, -0.1) is 23.7 Å². The molecule has 1 aromatic carbocycles. The summed E-state index contributed by atoms with van der Waals surface area (Å²) in [5.74, 6) is -0.800. The van der Waals surface area contributed by atoms with Crippen molar-refractivity contribution in [2.45, 2.75) is 56.7 Å². The van der Waals surface area contributed by atoms with Gasteiger partial charge in [0, 0.05) is 18.0 Å². The molecule has 1 aliphatic heterocycles. The molecule has 2 amide bonds. The molecule has 1 aromatic heterocycles. The fourth-order valence-electron chi connectivity index (χ4n) is 3.74. The van der Waals surface area contributed by atoms with Crippen LogP contribution in [0.2, 0.25) is 0 Å². The molecule has 7 nitrogen and oxygen atoms in total. The summed E-state index contributed by atoms with van der Waals surface area (Å²) in [5.41, 5.74) is 7.69. The molecule has 0 unspecified atom stereocenters. The van der Waals surface area contributed by atoms with Crippen molar-refractivity contribution in [3.05, 3.63) is 45.8 Å². The van der Waals surface area contributed by atoms with E-state index in [2.05, 4.69) is 17.1 Å². The zero-order valence-corrected chi connectivity index (χ0v) is 21.0. The molecular formula is C22H30ClN3O4S2. The maximum absolute atomic E-state index is 12.6. The van der Waals surface area contributed by atoms with Crippen molar-refractivity contribution in [3.8, 4) is 0 Å². The van der Waals surface area contributed by atoms with Crippen LogP contribution >= 0.6 is 23.7 Å². The summed E-state index contributed by atoms with van der Waals surface area (Å²) in [5, 5.41) is 2.84. The normalized spacial score (nSPS) is 14.0. The molecule has 0 atom stereocenters. The monoisotopic (exact) mass is 499 g/mol. The number of benzene rings is 1. The number of nitrogens with zero attached hydrogens (tertiary/aromatic N) is 1. The molecule has 3 N–H and O–H groups in total. The van der Waals surface area contributed by atoms with Crippen molar-refractivity contribution in [2.75, 3.05) is 18.4 Å². The Morgan fingerprint density at radius 1 is 1.22 bits per heavy atom. The second kappa shape index (κ2) is 10.8. The van der Waals surface area contributed by atoms with Crippen molar-refractivity contribution < 1.29 is 18.0 Å². The van der Waals surface area contributed by atoms with Gasteiger partial charge in [0.25, 0.3) is 5.91 Å². The SMILES string of the molecule is CCCN1CCc2c(sc(NC(=O)Cc3ccc(S(=O)(=O)C(C)C)cc3)c2C(N)=O)C1.Cl. The maximum atomic E-state index is 12.6. The van der Waals surface area contributed by atoms with E-state index >= 15 is 0 Å². The van der Waals surface area contributed by atoms with Crippen molar-refractivity contribution in [2.24, 2.45) is 5.73 Å². The molecule has 2 aromatic rings. The quantitative estimate of drug-likeness (QED) is 0.578. The lowest BCUT2D eigenvalue weighted by atomic mass is 10.0. The van der Waals surface area contributed by atoms with Crippen LogP contribution in [0.5, 0.6) is 0 Å². The Balaban J connectivity index is 0.00000363. The number of thiophene rings is 1. The Morgan fingerprint density at radius 3 is 2.44 bits per heavy atom. The van der Waals surface area contributed by atoms with Gasteiger partial charge in [0.2, 0.25) is 5.91 Å². The highest BCUT2D eigenvalue weighted by molar-refractivity contribution is 7.92. The van der Waals surface area contributed by atoms with Crippen LogP contribution in [0.25, 0.3) is 0 Å². The molecule has 0 bridgehead atoms. The fraction of sp³-hybridized carbons (Fsp3) is 0.455. The molecular weight excluding hydrogens is 470 g/mol. The minimum absolute atomic E-state index is 0. The van der Waals surface area contributed by atoms with Crippen molar-refractivity contribution in [1.82, 2.24) is 4.90 Å². The van der Waals surface area contributed by atoms with E-state index in [1.807, 2.05) is 0 Å². The number of amides is 2. The van der Waals surface area contributed by atoms with Gasteiger partial charge in [0.15, 0.2) is 9.84 Å². The number of nitrogens with one attached hydrogen (secondary N) is 1. The van der Waals surface area contributed by atoms with E-state index in [0.717, 1.165) is 42.9 Å². The van der Waals surface area contributed by atoms with Gasteiger partial charge in [-0.05, 0) is 56.5 Å². The molecule has 2 heterocycles. The second-order valence-electron chi connectivity index (χ2n) is 8.06. The summed E-state index contributed by atoms with van der Waals surface area (Å²) < 4.78 is 24.5. The lowest BCUT2D eigenvalue weighted by Crippen LogP contribution is -2.31. The highest BCUT2D eigenvalue weighted by Gasteiger charge is 2.27. The highest BCUT2D eigenvalue weighted by atomic mass is 35.5. The van der Waals surface area contributed by atoms with Crippen molar-refractivity contribution in [3.63, 3.8) is 0 Å². The van der Waals surface area contributed by atoms with Crippen LogP contribution < -0.4 is 11.1 Å². The first kappa shape index (κ1) is 26.3. The third-order valence-electron chi connectivity index (χ3n) is 5.41. The smallest absolute Gasteiger partial charge is 0.251 e. The van der Waals surface area contributed by atoms with Crippen LogP contribution in [0.1, 0.15) is 53.6 Å². The van der Waals surface area contributed by atoms with Gasteiger partial charge in [0.1, 0.15) is 5.00 Å². The first-order valence-electron chi connectivity index (χ1n) is 10.4. The van der Waals surface area contributed by atoms with E-state index < -0.39 is 21.0 Å². The summed E-state index contributed by atoms with van der Waals surface area (Å²) in [4.78, 5) is 28.4. The molecule has 0 saturated heterocycles. The van der Waals surface area contributed by atoms with E-state index in [9.17, 15) is 18.0 Å². The predicted molar refractivity (Wildman–Crippen MR) is 130 cm³/mol. The molecule has 0 radical (unpaired) electrons. The maximum Gasteiger partial charge on any atom is 0.251 e. The standard InChI is InChI=1S/C22H29N3O4S2.ClH/c1-4-10-25-11-9-17-18(13-25)30-22(20(17)21(23)27)24-19(26)12-15-5-7-16(8-6-15)31(28,29)14(2)3;/h5-8,14H,4,9-13H2,1-3H3,(H2,23,27)(H,24,26);1H. The topological polar surface area (TPSA) is 110 Å². The number of carbonyl (C=O) groups excluding carboxylic acids is 2. The average Bonchev–Trinajstić information content (AvgIpc) is 3.05. The summed E-state index contributed by atoms with van der Waals surface area (Å²) in [7, 11) is -3.35. The largest absolute Gasteiger partial charge is 0.365 e. The van der Waals surface area contributed by atoms with Crippen LogP contribution in [0.15, 0.2) is 29.2 Å². The first-order chi connectivity index (χ1) is 14.6. The minimum Gasteiger partial charge on any atom is -0.365 e. The van der Waals surface area contributed by atoms with Crippen LogP contribution in [-0.2, 0) is 34.0 Å². The minimum atomic E-state index is -3.35. The Kier molecular flexibility index (Phi) is 8.87. The fourth-order valence-corrected chi connectivity index (χ4v) is 6.11. The number of halogens is 1. The van der Waals surface area contributed by atoms with Crippen LogP contribution in [-0.4, -0.2) is 43.5 Å². The van der Waals surface area contributed by atoms with E-state index in [1.165, 1.54) is 23.5 Å². The Hall–Kier alpha value is -1.94. The number of carbonyl (C=O) groups is 2.